The van der Waals surface area contributed by atoms with Gasteiger partial charge in [-0.1, -0.05) is 31.2 Å². The summed E-state index contributed by atoms with van der Waals surface area (Å²) in [5.41, 5.74) is 1.05. The van der Waals surface area contributed by atoms with E-state index in [0.717, 1.165) is 16.3 Å². The molecule has 78 valence electrons. The fourth-order valence-electron chi connectivity index (χ4n) is 1.69. The summed E-state index contributed by atoms with van der Waals surface area (Å²) in [5.74, 6) is 0.397. The number of hydrogen-bond acceptors (Lipinski definition) is 2. The summed E-state index contributed by atoms with van der Waals surface area (Å²) in [7, 11) is 0. The lowest BCUT2D eigenvalue weighted by Crippen LogP contribution is -1.98. The Morgan fingerprint density at radius 3 is 2.73 bits per heavy atom. The summed E-state index contributed by atoms with van der Waals surface area (Å²) in [6.07, 6.45) is 0. The molecule has 0 aromatic heterocycles. The van der Waals surface area contributed by atoms with Gasteiger partial charge in [-0.25, -0.2) is 0 Å². The summed E-state index contributed by atoms with van der Waals surface area (Å²) >= 11 is 0. The fourth-order valence-corrected chi connectivity index (χ4v) is 1.69. The van der Waals surface area contributed by atoms with Crippen molar-refractivity contribution >= 4 is 10.8 Å². The van der Waals surface area contributed by atoms with E-state index in [2.05, 4.69) is 0 Å². The van der Waals surface area contributed by atoms with Gasteiger partial charge in [0.1, 0.15) is 5.75 Å². The molecule has 2 nitrogen and oxygen atoms in total. The second-order valence-corrected chi connectivity index (χ2v) is 3.84. The number of phenols is 1. The van der Waals surface area contributed by atoms with E-state index in [1.165, 1.54) is 0 Å². The van der Waals surface area contributed by atoms with E-state index in [4.69, 9.17) is 5.11 Å². The molecule has 0 bridgehead atoms. The number of aliphatic hydroxyl groups is 1. The molecule has 2 rings (SSSR count). The van der Waals surface area contributed by atoms with Crippen LogP contribution < -0.4 is 0 Å². The standard InChI is InChI=1S/C13H14O2/c1-9(8-14)11-6-5-10-3-2-4-13(15)12(10)7-11/h2-7,9,14-15H,8H2,1H3. The number of aromatic hydroxyl groups is 1. The third-order valence-electron chi connectivity index (χ3n) is 2.73. The van der Waals surface area contributed by atoms with E-state index in [0.29, 0.717) is 5.75 Å². The zero-order chi connectivity index (χ0) is 10.8. The minimum Gasteiger partial charge on any atom is -0.507 e. The van der Waals surface area contributed by atoms with Crippen LogP contribution in [0.25, 0.3) is 10.8 Å². The zero-order valence-corrected chi connectivity index (χ0v) is 8.64. The molecular weight excluding hydrogens is 188 g/mol. The molecule has 2 N–H and O–H groups in total. The highest BCUT2D eigenvalue weighted by atomic mass is 16.3. The molecule has 0 aliphatic carbocycles. The van der Waals surface area contributed by atoms with Gasteiger partial charge in [0, 0.05) is 17.9 Å². The monoisotopic (exact) mass is 202 g/mol. The Balaban J connectivity index is 2.59. The normalized spacial score (nSPS) is 12.9. The van der Waals surface area contributed by atoms with Crippen LogP contribution in [-0.4, -0.2) is 16.8 Å². The lowest BCUT2D eigenvalue weighted by Gasteiger charge is -2.09. The van der Waals surface area contributed by atoms with Crippen molar-refractivity contribution in [3.63, 3.8) is 0 Å². The number of hydrogen-bond donors (Lipinski definition) is 2. The van der Waals surface area contributed by atoms with Crippen LogP contribution in [0.4, 0.5) is 0 Å². The van der Waals surface area contributed by atoms with Crippen LogP contribution in [0.3, 0.4) is 0 Å². The Morgan fingerprint density at radius 2 is 2.00 bits per heavy atom. The van der Waals surface area contributed by atoms with Crippen molar-refractivity contribution in [2.45, 2.75) is 12.8 Å². The largest absolute Gasteiger partial charge is 0.507 e. The number of phenolic OH excluding ortho intramolecular Hbond substituents is 1. The van der Waals surface area contributed by atoms with Crippen LogP contribution >= 0.6 is 0 Å². The van der Waals surface area contributed by atoms with E-state index in [1.807, 2.05) is 37.3 Å². The average molecular weight is 202 g/mol. The minimum absolute atomic E-state index is 0.106. The van der Waals surface area contributed by atoms with Crippen molar-refractivity contribution in [1.29, 1.82) is 0 Å². The van der Waals surface area contributed by atoms with Crippen LogP contribution in [0.1, 0.15) is 18.4 Å². The first-order chi connectivity index (χ1) is 7.22. The molecule has 2 aromatic rings. The number of fused-ring (bicyclic) bond motifs is 1. The molecule has 0 amide bonds. The van der Waals surface area contributed by atoms with Crippen molar-refractivity contribution < 1.29 is 10.2 Å². The van der Waals surface area contributed by atoms with E-state index < -0.39 is 0 Å². The number of aliphatic hydroxyl groups excluding tert-OH is 1. The highest BCUT2D eigenvalue weighted by molar-refractivity contribution is 5.88. The average Bonchev–Trinajstić information content (AvgIpc) is 2.28. The van der Waals surface area contributed by atoms with Crippen molar-refractivity contribution in [2.75, 3.05) is 6.61 Å². The van der Waals surface area contributed by atoms with E-state index in [-0.39, 0.29) is 12.5 Å². The third kappa shape index (κ3) is 1.81. The molecule has 1 atom stereocenters. The maximum atomic E-state index is 9.69. The van der Waals surface area contributed by atoms with Gasteiger partial charge in [0.05, 0.1) is 0 Å². The Kier molecular flexibility index (Phi) is 2.60. The predicted octanol–water partition coefficient (Wildman–Crippen LogP) is 2.64. The van der Waals surface area contributed by atoms with Gasteiger partial charge in [-0.15, -0.1) is 0 Å². The molecule has 0 heterocycles. The summed E-state index contributed by atoms with van der Waals surface area (Å²) < 4.78 is 0. The Bertz CT molecular complexity index is 477. The molecule has 0 spiro atoms. The summed E-state index contributed by atoms with van der Waals surface area (Å²) in [6.45, 7) is 2.08. The van der Waals surface area contributed by atoms with Gasteiger partial charge >= 0.3 is 0 Å². The highest BCUT2D eigenvalue weighted by Crippen LogP contribution is 2.27. The Hall–Kier alpha value is -1.54. The molecule has 0 aliphatic heterocycles. The van der Waals surface area contributed by atoms with Crippen LogP contribution in [0.15, 0.2) is 36.4 Å². The molecule has 0 saturated carbocycles. The molecular formula is C13H14O2. The van der Waals surface area contributed by atoms with E-state index in [1.54, 1.807) is 6.07 Å². The molecule has 15 heavy (non-hydrogen) atoms. The Morgan fingerprint density at radius 1 is 1.20 bits per heavy atom. The van der Waals surface area contributed by atoms with Crippen LogP contribution in [-0.2, 0) is 0 Å². The predicted molar refractivity (Wildman–Crippen MR) is 61.1 cm³/mol. The van der Waals surface area contributed by atoms with Gasteiger partial charge in [0.2, 0.25) is 0 Å². The van der Waals surface area contributed by atoms with Crippen molar-refractivity contribution in [1.82, 2.24) is 0 Å². The lowest BCUT2D eigenvalue weighted by molar-refractivity contribution is 0.273. The second-order valence-electron chi connectivity index (χ2n) is 3.84. The van der Waals surface area contributed by atoms with Gasteiger partial charge in [0.15, 0.2) is 0 Å². The molecule has 0 aliphatic rings. The highest BCUT2D eigenvalue weighted by Gasteiger charge is 2.06. The summed E-state index contributed by atoms with van der Waals surface area (Å²) in [4.78, 5) is 0. The molecule has 0 radical (unpaired) electrons. The SMILES string of the molecule is CC(CO)c1ccc2cccc(O)c2c1. The van der Waals surface area contributed by atoms with Crippen LogP contribution in [0.2, 0.25) is 0 Å². The maximum absolute atomic E-state index is 9.69. The van der Waals surface area contributed by atoms with Gasteiger partial charge < -0.3 is 10.2 Å². The van der Waals surface area contributed by atoms with Gasteiger partial charge in [0.25, 0.3) is 0 Å². The lowest BCUT2D eigenvalue weighted by atomic mass is 9.98. The van der Waals surface area contributed by atoms with Crippen LogP contribution in [0.5, 0.6) is 5.75 Å². The number of benzene rings is 2. The Labute approximate surface area is 88.8 Å². The first-order valence-corrected chi connectivity index (χ1v) is 5.05. The fraction of sp³-hybridized carbons (Fsp3) is 0.231. The van der Waals surface area contributed by atoms with Gasteiger partial charge in [-0.3, -0.25) is 0 Å². The van der Waals surface area contributed by atoms with Crippen molar-refractivity contribution in [2.24, 2.45) is 0 Å². The number of rotatable bonds is 2. The first-order valence-electron chi connectivity index (χ1n) is 5.05. The maximum Gasteiger partial charge on any atom is 0.123 e. The molecule has 2 aromatic carbocycles. The third-order valence-corrected chi connectivity index (χ3v) is 2.73. The zero-order valence-electron chi connectivity index (χ0n) is 8.64. The summed E-state index contributed by atoms with van der Waals surface area (Å²) in [5, 5.41) is 20.6. The van der Waals surface area contributed by atoms with E-state index >= 15 is 0 Å². The first kappa shape index (κ1) is 9.99. The smallest absolute Gasteiger partial charge is 0.123 e. The molecule has 2 heteroatoms. The molecule has 0 saturated heterocycles. The van der Waals surface area contributed by atoms with Crippen LogP contribution in [0, 0.1) is 0 Å². The second kappa shape index (κ2) is 3.91. The van der Waals surface area contributed by atoms with Crippen molar-refractivity contribution in [3.05, 3.63) is 42.0 Å². The van der Waals surface area contributed by atoms with Gasteiger partial charge in [-0.2, -0.15) is 0 Å². The van der Waals surface area contributed by atoms with E-state index in [9.17, 15) is 5.11 Å². The quantitative estimate of drug-likeness (QED) is 0.786. The topological polar surface area (TPSA) is 40.5 Å². The minimum atomic E-state index is 0.106. The molecule has 1 unspecified atom stereocenters. The van der Waals surface area contributed by atoms with Crippen molar-refractivity contribution in [3.8, 4) is 5.75 Å². The van der Waals surface area contributed by atoms with Gasteiger partial charge in [-0.05, 0) is 23.1 Å². The summed E-state index contributed by atoms with van der Waals surface area (Å²) in [6, 6.07) is 11.4. The molecule has 0 fully saturated rings.